The van der Waals surface area contributed by atoms with Crippen molar-refractivity contribution in [1.82, 2.24) is 0 Å². The van der Waals surface area contributed by atoms with E-state index in [9.17, 15) is 28.9 Å². The number of rotatable bonds is 56. The van der Waals surface area contributed by atoms with Crippen molar-refractivity contribution in [2.75, 3.05) is 26.4 Å². The van der Waals surface area contributed by atoms with Crippen molar-refractivity contribution < 1.29 is 52.2 Å². The Balaban J connectivity index is 4.76. The highest BCUT2D eigenvalue weighted by Crippen LogP contribution is 2.43. The second-order valence-corrected chi connectivity index (χ2v) is 21.6. The summed E-state index contributed by atoms with van der Waals surface area (Å²) in [4.78, 5) is 48.6. The highest BCUT2D eigenvalue weighted by molar-refractivity contribution is 7.47. The zero-order chi connectivity index (χ0) is 55.5. The molecule has 0 saturated heterocycles. The van der Waals surface area contributed by atoms with Gasteiger partial charge in [0.25, 0.3) is 0 Å². The largest absolute Gasteiger partial charge is 0.472 e. The lowest BCUT2D eigenvalue weighted by Crippen LogP contribution is -2.30. The number of unbranched alkanes of at least 4 members (excludes halogenated alkanes) is 25. The van der Waals surface area contributed by atoms with E-state index in [1.165, 1.54) is 57.8 Å². The third-order valence-corrected chi connectivity index (χ3v) is 13.7. The minimum Gasteiger partial charge on any atom is -0.462 e. The van der Waals surface area contributed by atoms with E-state index in [0.717, 1.165) is 148 Å². The van der Waals surface area contributed by atoms with Gasteiger partial charge in [-0.3, -0.25) is 23.4 Å². The Labute approximate surface area is 464 Å². The molecule has 3 atom stereocenters. The molecule has 0 aliphatic heterocycles. The Bertz CT molecular complexity index is 1600. The molecule has 11 nitrogen and oxygen atoms in total. The third-order valence-electron chi connectivity index (χ3n) is 12.8. The van der Waals surface area contributed by atoms with Gasteiger partial charge in [-0.2, -0.15) is 0 Å². The van der Waals surface area contributed by atoms with E-state index in [1.807, 2.05) is 0 Å². The molecule has 0 aromatic rings. The fraction of sp³-hybridized carbons (Fsp3) is 0.734. The molecule has 438 valence electrons. The number of phosphoric ester groups is 1. The molecule has 76 heavy (non-hydrogen) atoms. The third kappa shape index (κ3) is 55.4. The van der Waals surface area contributed by atoms with Gasteiger partial charge in [-0.1, -0.05) is 215 Å². The summed E-state index contributed by atoms with van der Waals surface area (Å²) in [6.45, 7) is 4.48. The van der Waals surface area contributed by atoms with Crippen molar-refractivity contribution in [3.63, 3.8) is 0 Å². The normalized spacial score (nSPS) is 13.9. The number of carbonyl (C=O) groups excluding carboxylic acids is 3. The van der Waals surface area contributed by atoms with Gasteiger partial charge < -0.3 is 24.2 Å². The number of aliphatic hydroxyl groups is 1. The van der Waals surface area contributed by atoms with Gasteiger partial charge in [-0.25, -0.2) is 4.57 Å². The van der Waals surface area contributed by atoms with Gasteiger partial charge in [0.1, 0.15) is 12.7 Å². The summed E-state index contributed by atoms with van der Waals surface area (Å²) in [6.07, 6.45) is 66.7. The fourth-order valence-electron chi connectivity index (χ4n) is 8.14. The van der Waals surface area contributed by atoms with Crippen LogP contribution in [0.15, 0.2) is 85.1 Å². The number of hydrogen-bond acceptors (Lipinski definition) is 10. The quantitative estimate of drug-likeness (QED) is 0.0197. The molecule has 0 aliphatic rings. The van der Waals surface area contributed by atoms with Crippen molar-refractivity contribution in [3.8, 4) is 0 Å². The van der Waals surface area contributed by atoms with Crippen LogP contribution in [0, 0.1) is 0 Å². The molecule has 2 N–H and O–H groups in total. The summed E-state index contributed by atoms with van der Waals surface area (Å²) < 4.78 is 39.6. The van der Waals surface area contributed by atoms with E-state index in [4.69, 9.17) is 23.3 Å². The molecule has 0 saturated carbocycles. The Hall–Kier alpha value is -3.34. The number of carbonyl (C=O) groups is 3. The second-order valence-electron chi connectivity index (χ2n) is 20.1. The minimum atomic E-state index is -4.76. The maximum atomic E-state index is 12.9. The number of esters is 3. The predicted molar refractivity (Wildman–Crippen MR) is 316 cm³/mol. The predicted octanol–water partition coefficient (Wildman–Crippen LogP) is 18.3. The van der Waals surface area contributed by atoms with E-state index in [1.54, 1.807) is 0 Å². The molecule has 12 heteroatoms. The molecule has 0 aromatic carbocycles. The fourth-order valence-corrected chi connectivity index (χ4v) is 8.92. The Kier molecular flexibility index (Phi) is 55.3. The molecule has 0 aliphatic carbocycles. The molecule has 0 radical (unpaired) electrons. The van der Waals surface area contributed by atoms with Gasteiger partial charge in [-0.15, -0.1) is 0 Å². The van der Waals surface area contributed by atoms with Gasteiger partial charge in [0.2, 0.25) is 0 Å². The van der Waals surface area contributed by atoms with Crippen molar-refractivity contribution in [3.05, 3.63) is 85.1 Å². The highest BCUT2D eigenvalue weighted by atomic mass is 31.2. The molecular formula is C64H111O11P. The zero-order valence-electron chi connectivity index (χ0n) is 48.5. The van der Waals surface area contributed by atoms with E-state index in [2.05, 4.69) is 106 Å². The number of phosphoric acid groups is 1. The van der Waals surface area contributed by atoms with E-state index in [-0.39, 0.29) is 25.9 Å². The maximum absolute atomic E-state index is 12.9. The lowest BCUT2D eigenvalue weighted by atomic mass is 10.1. The van der Waals surface area contributed by atoms with Crippen LogP contribution in [-0.4, -0.2) is 66.5 Å². The Morgan fingerprint density at radius 2 is 0.684 bits per heavy atom. The summed E-state index contributed by atoms with van der Waals surface area (Å²) in [5.41, 5.74) is 0. The molecule has 0 fully saturated rings. The highest BCUT2D eigenvalue weighted by Gasteiger charge is 2.28. The van der Waals surface area contributed by atoms with E-state index in [0.29, 0.717) is 19.3 Å². The summed E-state index contributed by atoms with van der Waals surface area (Å²) in [5.74, 6) is -1.50. The van der Waals surface area contributed by atoms with Crippen LogP contribution >= 0.6 is 7.82 Å². The standard InChI is InChI=1S/C64H111O11P/c1-4-7-10-13-16-19-22-25-28-29-30-31-34-37-40-43-46-49-52-55-64(68)75-61(57-71-62(66)53-50-47-44-41-38-35-32-26-23-20-17-14-11-8-5-2)59-73-76(69,70)72-58-60(56-65)74-63(67)54-51-48-45-42-39-36-33-27-24-21-18-15-12-9-6-3/h7,10,16,18-19,21,25-28,30-33,60-61,65H,4-6,8-9,11-15,17,20,22-24,29,34-59H2,1-3H3,(H,69,70)/b10-7-,19-16-,21-18-,28-25-,31-30-,32-26-,33-27-. The van der Waals surface area contributed by atoms with Crippen molar-refractivity contribution in [2.45, 2.75) is 277 Å². The molecular weight excluding hydrogens is 976 g/mol. The second kappa shape index (κ2) is 57.8. The Morgan fingerprint density at radius 1 is 0.382 bits per heavy atom. The van der Waals surface area contributed by atoms with Crippen LogP contribution in [0.1, 0.15) is 265 Å². The van der Waals surface area contributed by atoms with Gasteiger partial charge in [0.15, 0.2) is 6.10 Å². The number of allylic oxidation sites excluding steroid dienone is 14. The van der Waals surface area contributed by atoms with Gasteiger partial charge in [-0.05, 0) is 116 Å². The number of hydrogen-bond donors (Lipinski definition) is 2. The Morgan fingerprint density at radius 3 is 1.09 bits per heavy atom. The van der Waals surface area contributed by atoms with Crippen LogP contribution in [0.5, 0.6) is 0 Å². The van der Waals surface area contributed by atoms with Crippen molar-refractivity contribution >= 4 is 25.7 Å². The maximum Gasteiger partial charge on any atom is 0.472 e. The van der Waals surface area contributed by atoms with Crippen LogP contribution in [0.2, 0.25) is 0 Å². The SMILES string of the molecule is CC/C=C\C/C=C\C/C=C\C/C=C\CCCCCCCCC(=O)OC(COC(=O)CCCCCCC/C=C\CCCCCCCC)COP(=O)(O)OCC(CO)OC(=O)CCCCCCC/C=C\C/C=C\CCCCC. The lowest BCUT2D eigenvalue weighted by Gasteiger charge is -2.21. The molecule has 0 amide bonds. The van der Waals surface area contributed by atoms with Crippen LogP contribution in [0.25, 0.3) is 0 Å². The van der Waals surface area contributed by atoms with Gasteiger partial charge >= 0.3 is 25.7 Å². The summed E-state index contributed by atoms with van der Waals surface area (Å²) in [7, 11) is -4.76. The molecule has 0 spiro atoms. The average molecular weight is 1090 g/mol. The van der Waals surface area contributed by atoms with Crippen LogP contribution in [0.4, 0.5) is 0 Å². The van der Waals surface area contributed by atoms with Crippen LogP contribution < -0.4 is 0 Å². The van der Waals surface area contributed by atoms with E-state index >= 15 is 0 Å². The molecule has 0 heterocycles. The molecule has 0 bridgehead atoms. The van der Waals surface area contributed by atoms with Crippen molar-refractivity contribution in [1.29, 1.82) is 0 Å². The first-order valence-corrected chi connectivity index (χ1v) is 32.0. The first-order valence-electron chi connectivity index (χ1n) is 30.5. The zero-order valence-corrected chi connectivity index (χ0v) is 49.3. The van der Waals surface area contributed by atoms with Gasteiger partial charge in [0.05, 0.1) is 19.8 Å². The number of aliphatic hydroxyl groups excluding tert-OH is 1. The minimum absolute atomic E-state index is 0.146. The molecule has 3 unspecified atom stereocenters. The smallest absolute Gasteiger partial charge is 0.462 e. The number of ether oxygens (including phenoxy) is 3. The summed E-state index contributed by atoms with van der Waals surface area (Å²) in [6, 6.07) is 0. The topological polar surface area (TPSA) is 155 Å². The first-order chi connectivity index (χ1) is 37.2. The summed E-state index contributed by atoms with van der Waals surface area (Å²) in [5, 5.41) is 9.83. The average Bonchev–Trinajstić information content (AvgIpc) is 3.41. The van der Waals surface area contributed by atoms with E-state index < -0.39 is 57.8 Å². The van der Waals surface area contributed by atoms with Crippen molar-refractivity contribution in [2.24, 2.45) is 0 Å². The molecule has 0 aromatic heterocycles. The summed E-state index contributed by atoms with van der Waals surface area (Å²) >= 11 is 0. The van der Waals surface area contributed by atoms with Crippen LogP contribution in [0.3, 0.4) is 0 Å². The van der Waals surface area contributed by atoms with Crippen LogP contribution in [-0.2, 0) is 42.2 Å². The first kappa shape index (κ1) is 72.7. The van der Waals surface area contributed by atoms with Gasteiger partial charge in [0, 0.05) is 19.3 Å². The monoisotopic (exact) mass is 1090 g/mol. The lowest BCUT2D eigenvalue weighted by molar-refractivity contribution is -0.161. The molecule has 0 rings (SSSR count).